The van der Waals surface area contributed by atoms with Crippen molar-refractivity contribution in [3.05, 3.63) is 29.8 Å². The lowest BCUT2D eigenvalue weighted by Gasteiger charge is -2.01. The molecule has 0 radical (unpaired) electrons. The van der Waals surface area contributed by atoms with Crippen LogP contribution in [-0.4, -0.2) is 16.8 Å². The third-order valence-electron chi connectivity index (χ3n) is 1.82. The molecule has 15 heavy (non-hydrogen) atoms. The average Bonchev–Trinajstić information content (AvgIpc) is 2.21. The topological polar surface area (TPSA) is 97.0 Å². The Kier molecular flexibility index (Phi) is 3.68. The van der Waals surface area contributed by atoms with Gasteiger partial charge >= 0.3 is 0 Å². The summed E-state index contributed by atoms with van der Waals surface area (Å²) >= 11 is 0. The molecule has 1 aromatic carbocycles. The van der Waals surface area contributed by atoms with E-state index in [0.29, 0.717) is 6.42 Å². The average molecular weight is 206 g/mol. The van der Waals surface area contributed by atoms with Crippen LogP contribution in [0.3, 0.4) is 0 Å². The molecule has 0 atom stereocenters. The van der Waals surface area contributed by atoms with E-state index >= 15 is 0 Å². The minimum absolute atomic E-state index is 0.0697. The highest BCUT2D eigenvalue weighted by Gasteiger charge is 2.00. The number of phenols is 1. The van der Waals surface area contributed by atoms with E-state index in [-0.39, 0.29) is 11.7 Å². The lowest BCUT2D eigenvalue weighted by Crippen LogP contribution is -2.22. The molecule has 1 rings (SSSR count). The summed E-state index contributed by atoms with van der Waals surface area (Å²) in [5.41, 5.74) is 12.0. The van der Waals surface area contributed by atoms with Crippen molar-refractivity contribution in [2.24, 2.45) is 21.7 Å². The van der Waals surface area contributed by atoms with Gasteiger partial charge in [-0.25, -0.2) is 0 Å². The number of hydrogen-bond acceptors (Lipinski definition) is 3. The normalized spacial score (nSPS) is 11.1. The van der Waals surface area contributed by atoms with Crippen LogP contribution in [0.15, 0.2) is 34.5 Å². The smallest absolute Gasteiger partial charge is 0.211 e. The van der Waals surface area contributed by atoms with E-state index in [1.165, 1.54) is 0 Å². The van der Waals surface area contributed by atoms with Gasteiger partial charge < -0.3 is 16.6 Å². The summed E-state index contributed by atoms with van der Waals surface area (Å²) in [4.78, 5) is 0. The highest BCUT2D eigenvalue weighted by molar-refractivity contribution is 6.00. The van der Waals surface area contributed by atoms with Gasteiger partial charge in [0, 0.05) is 0 Å². The first-order valence-electron chi connectivity index (χ1n) is 4.58. The zero-order valence-corrected chi connectivity index (χ0v) is 8.51. The first-order chi connectivity index (χ1) is 7.13. The number of hydrogen-bond donors (Lipinski definition) is 3. The van der Waals surface area contributed by atoms with Crippen LogP contribution >= 0.6 is 0 Å². The van der Waals surface area contributed by atoms with Gasteiger partial charge in [-0.3, -0.25) is 0 Å². The molecule has 0 heterocycles. The van der Waals surface area contributed by atoms with Crippen LogP contribution in [0, 0.1) is 0 Å². The number of guanidine groups is 1. The van der Waals surface area contributed by atoms with Gasteiger partial charge in [-0.05, 0) is 36.2 Å². The van der Waals surface area contributed by atoms with Crippen LogP contribution < -0.4 is 11.5 Å². The van der Waals surface area contributed by atoms with Crippen molar-refractivity contribution in [1.82, 2.24) is 0 Å². The van der Waals surface area contributed by atoms with Crippen LogP contribution in [0.4, 0.5) is 0 Å². The number of aromatic hydroxyl groups is 1. The minimum atomic E-state index is -0.0697. The molecular weight excluding hydrogens is 192 g/mol. The molecule has 0 bridgehead atoms. The Bertz CT molecular complexity index is 377. The predicted octanol–water partition coefficient (Wildman–Crippen LogP) is 0.780. The summed E-state index contributed by atoms with van der Waals surface area (Å²) in [6.07, 6.45) is 0.710. The summed E-state index contributed by atoms with van der Waals surface area (Å²) in [5, 5.41) is 16.6. The van der Waals surface area contributed by atoms with E-state index in [2.05, 4.69) is 10.2 Å². The minimum Gasteiger partial charge on any atom is -0.508 e. The molecule has 0 aliphatic rings. The highest BCUT2D eigenvalue weighted by atomic mass is 16.3. The lowest BCUT2D eigenvalue weighted by molar-refractivity contribution is 0.475. The summed E-state index contributed by atoms with van der Waals surface area (Å²) in [7, 11) is 0. The van der Waals surface area contributed by atoms with Gasteiger partial charge in [0.2, 0.25) is 5.96 Å². The second kappa shape index (κ2) is 4.99. The largest absolute Gasteiger partial charge is 0.508 e. The zero-order valence-electron chi connectivity index (χ0n) is 8.51. The van der Waals surface area contributed by atoms with Gasteiger partial charge in [0.05, 0.1) is 5.71 Å². The molecule has 0 amide bonds. The van der Waals surface area contributed by atoms with Gasteiger partial charge in [0.1, 0.15) is 5.75 Å². The SMILES string of the molecule is CCC(=NN=C(N)N)c1ccc(O)cc1. The molecule has 5 heteroatoms. The molecular formula is C10H14N4O. The maximum Gasteiger partial charge on any atom is 0.211 e. The van der Waals surface area contributed by atoms with Crippen molar-refractivity contribution < 1.29 is 5.11 Å². The van der Waals surface area contributed by atoms with E-state index < -0.39 is 0 Å². The molecule has 80 valence electrons. The fourth-order valence-corrected chi connectivity index (χ4v) is 1.10. The standard InChI is InChI=1S/C10H14N4O/c1-2-9(13-14-10(11)12)7-3-5-8(15)6-4-7/h3-6,15H,2H2,1H3,(H4,11,12,14). The van der Waals surface area contributed by atoms with Gasteiger partial charge in [0.25, 0.3) is 0 Å². The molecule has 0 unspecified atom stereocenters. The van der Waals surface area contributed by atoms with E-state index in [1.54, 1.807) is 24.3 Å². The van der Waals surface area contributed by atoms with Crippen molar-refractivity contribution in [2.45, 2.75) is 13.3 Å². The summed E-state index contributed by atoms with van der Waals surface area (Å²) in [5.74, 6) is 0.149. The molecule has 0 aliphatic carbocycles. The molecule has 0 aromatic heterocycles. The van der Waals surface area contributed by atoms with Crippen molar-refractivity contribution in [2.75, 3.05) is 0 Å². The summed E-state index contributed by atoms with van der Waals surface area (Å²) in [6.45, 7) is 1.95. The van der Waals surface area contributed by atoms with Crippen LogP contribution in [-0.2, 0) is 0 Å². The van der Waals surface area contributed by atoms with Gasteiger partial charge in [-0.2, -0.15) is 5.10 Å². The number of rotatable bonds is 3. The third-order valence-corrected chi connectivity index (χ3v) is 1.82. The third kappa shape index (κ3) is 3.30. The summed E-state index contributed by atoms with van der Waals surface area (Å²) < 4.78 is 0. The summed E-state index contributed by atoms with van der Waals surface area (Å²) in [6, 6.07) is 6.71. The van der Waals surface area contributed by atoms with E-state index in [1.807, 2.05) is 6.92 Å². The van der Waals surface area contributed by atoms with Crippen LogP contribution in [0.1, 0.15) is 18.9 Å². The van der Waals surface area contributed by atoms with Crippen molar-refractivity contribution in [3.63, 3.8) is 0 Å². The molecule has 5 N–H and O–H groups in total. The van der Waals surface area contributed by atoms with Crippen LogP contribution in [0.2, 0.25) is 0 Å². The van der Waals surface area contributed by atoms with Crippen molar-refractivity contribution in [1.29, 1.82) is 0 Å². The number of nitrogens with zero attached hydrogens (tertiary/aromatic N) is 2. The van der Waals surface area contributed by atoms with E-state index in [0.717, 1.165) is 11.3 Å². The van der Waals surface area contributed by atoms with Gasteiger partial charge in [0.15, 0.2) is 0 Å². The Labute approximate surface area is 88.1 Å². The van der Waals surface area contributed by atoms with E-state index in [9.17, 15) is 0 Å². The van der Waals surface area contributed by atoms with Gasteiger partial charge in [-0.15, -0.1) is 5.10 Å². The number of benzene rings is 1. The Balaban J connectivity index is 2.97. The molecule has 0 aliphatic heterocycles. The van der Waals surface area contributed by atoms with Crippen molar-refractivity contribution >= 4 is 11.7 Å². The predicted molar refractivity (Wildman–Crippen MR) is 60.7 cm³/mol. The fourth-order valence-electron chi connectivity index (χ4n) is 1.10. The molecule has 0 fully saturated rings. The first kappa shape index (κ1) is 11.0. The Morgan fingerprint density at radius 3 is 2.27 bits per heavy atom. The van der Waals surface area contributed by atoms with Gasteiger partial charge in [-0.1, -0.05) is 6.92 Å². The monoisotopic (exact) mass is 206 g/mol. The highest BCUT2D eigenvalue weighted by Crippen LogP contribution is 2.11. The van der Waals surface area contributed by atoms with Crippen LogP contribution in [0.5, 0.6) is 5.75 Å². The van der Waals surface area contributed by atoms with E-state index in [4.69, 9.17) is 16.6 Å². The first-order valence-corrected chi connectivity index (χ1v) is 4.58. The molecule has 1 aromatic rings. The second-order valence-electron chi connectivity index (χ2n) is 2.97. The Morgan fingerprint density at radius 2 is 1.80 bits per heavy atom. The Morgan fingerprint density at radius 1 is 1.20 bits per heavy atom. The molecule has 0 saturated carbocycles. The second-order valence-corrected chi connectivity index (χ2v) is 2.97. The van der Waals surface area contributed by atoms with Crippen LogP contribution in [0.25, 0.3) is 0 Å². The fraction of sp³-hybridized carbons (Fsp3) is 0.200. The molecule has 0 spiro atoms. The zero-order chi connectivity index (χ0) is 11.3. The quantitative estimate of drug-likeness (QED) is 0.387. The maximum atomic E-state index is 9.12. The Hall–Kier alpha value is -2.04. The molecule has 0 saturated heterocycles. The molecule has 5 nitrogen and oxygen atoms in total. The number of nitrogens with two attached hydrogens (primary N) is 2. The lowest BCUT2D eigenvalue weighted by atomic mass is 10.1. The van der Waals surface area contributed by atoms with Crippen molar-refractivity contribution in [3.8, 4) is 5.75 Å². The maximum absolute atomic E-state index is 9.12. The number of phenolic OH excluding ortho intramolecular Hbond substituents is 1.